The smallest absolute Gasteiger partial charge is 0.421 e. The van der Waals surface area contributed by atoms with Crippen LogP contribution in [0.3, 0.4) is 0 Å². The number of aliphatic hydroxyl groups excluding tert-OH is 1. The van der Waals surface area contributed by atoms with Crippen molar-refractivity contribution in [2.45, 2.75) is 19.4 Å². The van der Waals surface area contributed by atoms with Gasteiger partial charge in [-0.2, -0.15) is 0 Å². The largest absolute Gasteiger partial charge is 0.454 e. The molecule has 1 atom stereocenters. The van der Waals surface area contributed by atoms with E-state index in [0.717, 1.165) is 11.3 Å². The first-order chi connectivity index (χ1) is 9.70. The molecule has 0 spiro atoms. The van der Waals surface area contributed by atoms with Gasteiger partial charge in [-0.25, -0.2) is 10.2 Å². The Balaban J connectivity index is 1.80. The molecule has 7 nitrogen and oxygen atoms in total. The molecule has 110 valence electrons. The molecule has 1 aliphatic heterocycles. The van der Waals surface area contributed by atoms with Gasteiger partial charge in [0.2, 0.25) is 6.79 Å². The second-order valence-electron chi connectivity index (χ2n) is 4.32. The number of amides is 1. The summed E-state index contributed by atoms with van der Waals surface area (Å²) in [7, 11) is 0. The van der Waals surface area contributed by atoms with Crippen molar-refractivity contribution in [2.75, 3.05) is 20.0 Å². The molecule has 7 heteroatoms. The first kappa shape index (κ1) is 14.4. The third kappa shape index (κ3) is 3.75. The standard InChI is InChI=1S/C13H18N2O5/c1-9(14-15-13(17)18-6-2-5-16)10-3-4-11-12(7-10)20-8-19-11/h3-4,7,9,14,16H,2,5-6,8H2,1H3,(H,15,17). The SMILES string of the molecule is CC(NNC(=O)OCCCO)c1ccc2c(c1)OCO2. The number of aliphatic hydroxyl groups is 1. The number of nitrogens with one attached hydrogen (secondary N) is 2. The van der Waals surface area contributed by atoms with Crippen LogP contribution in [0.1, 0.15) is 24.9 Å². The molecule has 0 saturated carbocycles. The molecular weight excluding hydrogens is 264 g/mol. The maximum Gasteiger partial charge on any atom is 0.421 e. The van der Waals surface area contributed by atoms with Crippen molar-refractivity contribution in [3.05, 3.63) is 23.8 Å². The molecule has 0 saturated heterocycles. The average molecular weight is 282 g/mol. The Morgan fingerprint density at radius 2 is 2.25 bits per heavy atom. The normalized spacial score (nSPS) is 13.9. The minimum absolute atomic E-state index is 0.00565. The van der Waals surface area contributed by atoms with Crippen LogP contribution in [0.5, 0.6) is 11.5 Å². The summed E-state index contributed by atoms with van der Waals surface area (Å²) in [6.07, 6.45) is -0.156. The number of hydrogen-bond acceptors (Lipinski definition) is 6. The molecule has 1 aromatic rings. The van der Waals surface area contributed by atoms with E-state index in [0.29, 0.717) is 12.2 Å². The van der Waals surface area contributed by atoms with Gasteiger partial charge >= 0.3 is 6.09 Å². The number of hydrazine groups is 1. The molecule has 1 aromatic carbocycles. The lowest BCUT2D eigenvalue weighted by Crippen LogP contribution is -2.39. The summed E-state index contributed by atoms with van der Waals surface area (Å²) in [4.78, 5) is 11.3. The molecule has 1 heterocycles. The molecule has 1 amide bonds. The van der Waals surface area contributed by atoms with Gasteiger partial charge in [0.15, 0.2) is 11.5 Å². The molecular formula is C13H18N2O5. The summed E-state index contributed by atoms with van der Waals surface area (Å²) in [6.45, 7) is 2.30. The fourth-order valence-corrected chi connectivity index (χ4v) is 1.70. The Kier molecular flexibility index (Phi) is 5.03. The van der Waals surface area contributed by atoms with Gasteiger partial charge in [0.25, 0.3) is 0 Å². The molecule has 0 radical (unpaired) electrons. The monoisotopic (exact) mass is 282 g/mol. The molecule has 20 heavy (non-hydrogen) atoms. The van der Waals surface area contributed by atoms with Crippen LogP contribution in [0.2, 0.25) is 0 Å². The zero-order chi connectivity index (χ0) is 14.4. The molecule has 0 fully saturated rings. The fraction of sp³-hybridized carbons (Fsp3) is 0.462. The topological polar surface area (TPSA) is 89.1 Å². The number of rotatable bonds is 6. The second kappa shape index (κ2) is 6.97. The van der Waals surface area contributed by atoms with Gasteiger partial charge in [0.1, 0.15) is 0 Å². The summed E-state index contributed by atoms with van der Waals surface area (Å²) in [5, 5.41) is 8.57. The van der Waals surface area contributed by atoms with Gasteiger partial charge in [-0.05, 0) is 24.6 Å². The summed E-state index contributed by atoms with van der Waals surface area (Å²) in [5.41, 5.74) is 6.23. The maximum atomic E-state index is 11.3. The first-order valence-corrected chi connectivity index (χ1v) is 6.39. The maximum absolute atomic E-state index is 11.3. The Hall–Kier alpha value is -1.99. The number of hydrogen-bond donors (Lipinski definition) is 3. The minimum Gasteiger partial charge on any atom is -0.454 e. The molecule has 1 unspecified atom stereocenters. The lowest BCUT2D eigenvalue weighted by atomic mass is 10.1. The van der Waals surface area contributed by atoms with Gasteiger partial charge in [0.05, 0.1) is 6.61 Å². The van der Waals surface area contributed by atoms with E-state index in [1.165, 1.54) is 0 Å². The molecule has 1 aliphatic rings. The van der Waals surface area contributed by atoms with Crippen molar-refractivity contribution in [3.63, 3.8) is 0 Å². The van der Waals surface area contributed by atoms with Crippen LogP contribution in [-0.4, -0.2) is 31.2 Å². The first-order valence-electron chi connectivity index (χ1n) is 6.39. The number of benzene rings is 1. The third-order valence-corrected chi connectivity index (χ3v) is 2.82. The molecule has 0 aromatic heterocycles. The second-order valence-corrected chi connectivity index (χ2v) is 4.32. The van der Waals surface area contributed by atoms with E-state index in [4.69, 9.17) is 19.3 Å². The van der Waals surface area contributed by atoms with Gasteiger partial charge in [0, 0.05) is 19.1 Å². The zero-order valence-corrected chi connectivity index (χ0v) is 11.2. The van der Waals surface area contributed by atoms with E-state index < -0.39 is 6.09 Å². The number of fused-ring (bicyclic) bond motifs is 1. The van der Waals surface area contributed by atoms with E-state index in [9.17, 15) is 4.79 Å². The van der Waals surface area contributed by atoms with Crippen LogP contribution in [-0.2, 0) is 4.74 Å². The Morgan fingerprint density at radius 1 is 1.45 bits per heavy atom. The van der Waals surface area contributed by atoms with Crippen molar-refractivity contribution in [1.82, 2.24) is 10.9 Å². The lowest BCUT2D eigenvalue weighted by Gasteiger charge is -2.15. The zero-order valence-electron chi connectivity index (χ0n) is 11.2. The van der Waals surface area contributed by atoms with E-state index in [1.54, 1.807) is 0 Å². The van der Waals surface area contributed by atoms with Gasteiger partial charge in [-0.1, -0.05) is 6.07 Å². The van der Waals surface area contributed by atoms with Crippen molar-refractivity contribution < 1.29 is 24.1 Å². The summed E-state index contributed by atoms with van der Waals surface area (Å²) < 4.78 is 15.4. The van der Waals surface area contributed by atoms with Crippen LogP contribution in [0, 0.1) is 0 Å². The van der Waals surface area contributed by atoms with Crippen LogP contribution in [0.25, 0.3) is 0 Å². The number of carbonyl (C=O) groups is 1. The molecule has 0 bridgehead atoms. The van der Waals surface area contributed by atoms with Crippen molar-refractivity contribution in [2.24, 2.45) is 0 Å². The van der Waals surface area contributed by atoms with Crippen molar-refractivity contribution in [3.8, 4) is 11.5 Å². The van der Waals surface area contributed by atoms with Gasteiger partial charge in [-0.15, -0.1) is 0 Å². The van der Waals surface area contributed by atoms with E-state index >= 15 is 0 Å². The van der Waals surface area contributed by atoms with Crippen molar-refractivity contribution >= 4 is 6.09 Å². The Labute approximate surface area is 116 Å². The van der Waals surface area contributed by atoms with Crippen LogP contribution < -0.4 is 20.3 Å². The van der Waals surface area contributed by atoms with Gasteiger partial charge in [-0.3, -0.25) is 5.43 Å². The number of carbonyl (C=O) groups excluding carboxylic acids is 1. The highest BCUT2D eigenvalue weighted by molar-refractivity contribution is 5.66. The van der Waals surface area contributed by atoms with Crippen LogP contribution >= 0.6 is 0 Å². The quantitative estimate of drug-likeness (QED) is 0.534. The third-order valence-electron chi connectivity index (χ3n) is 2.82. The summed E-state index contributed by atoms with van der Waals surface area (Å²) in [6, 6.07) is 5.47. The predicted molar refractivity (Wildman–Crippen MR) is 70.3 cm³/mol. The minimum atomic E-state index is -0.578. The molecule has 3 N–H and O–H groups in total. The average Bonchev–Trinajstić information content (AvgIpc) is 2.92. The fourth-order valence-electron chi connectivity index (χ4n) is 1.70. The highest BCUT2D eigenvalue weighted by atomic mass is 16.7. The highest BCUT2D eigenvalue weighted by Gasteiger charge is 2.16. The number of ether oxygens (including phenoxy) is 3. The lowest BCUT2D eigenvalue weighted by molar-refractivity contribution is 0.130. The van der Waals surface area contributed by atoms with E-state index in [2.05, 4.69) is 10.9 Å². The summed E-state index contributed by atoms with van der Waals surface area (Å²) >= 11 is 0. The van der Waals surface area contributed by atoms with Gasteiger partial charge < -0.3 is 19.3 Å². The Morgan fingerprint density at radius 3 is 3.05 bits per heavy atom. The highest BCUT2D eigenvalue weighted by Crippen LogP contribution is 2.33. The van der Waals surface area contributed by atoms with Crippen LogP contribution in [0.4, 0.5) is 4.79 Å². The van der Waals surface area contributed by atoms with Crippen LogP contribution in [0.15, 0.2) is 18.2 Å². The summed E-state index contributed by atoms with van der Waals surface area (Å²) in [5.74, 6) is 1.42. The molecule has 2 rings (SSSR count). The van der Waals surface area contributed by atoms with E-state index in [1.807, 2.05) is 25.1 Å². The Bertz CT molecular complexity index is 466. The van der Waals surface area contributed by atoms with Crippen molar-refractivity contribution in [1.29, 1.82) is 0 Å². The predicted octanol–water partition coefficient (Wildman–Crippen LogP) is 1.09. The molecule has 0 aliphatic carbocycles. The van der Waals surface area contributed by atoms with E-state index in [-0.39, 0.29) is 26.0 Å².